The molecule has 0 amide bonds. The third-order valence-corrected chi connectivity index (χ3v) is 6.72. The minimum atomic E-state index is 0.231. The molecule has 20 heavy (non-hydrogen) atoms. The maximum Gasteiger partial charge on any atom is 0.0485 e. The second-order valence-corrected chi connectivity index (χ2v) is 7.69. The first kappa shape index (κ1) is 14.8. The molecule has 1 unspecified atom stereocenters. The van der Waals surface area contributed by atoms with E-state index in [1.807, 2.05) is 0 Å². The van der Waals surface area contributed by atoms with E-state index in [0.29, 0.717) is 5.54 Å². The molecule has 1 saturated carbocycles. The van der Waals surface area contributed by atoms with Crippen molar-refractivity contribution in [1.29, 1.82) is 0 Å². The van der Waals surface area contributed by atoms with E-state index in [9.17, 15) is 0 Å². The van der Waals surface area contributed by atoms with Gasteiger partial charge >= 0.3 is 0 Å². The summed E-state index contributed by atoms with van der Waals surface area (Å²) in [6, 6.07) is 0. The van der Waals surface area contributed by atoms with Crippen molar-refractivity contribution in [3.8, 4) is 0 Å². The van der Waals surface area contributed by atoms with Crippen LogP contribution in [0.1, 0.15) is 32.1 Å². The van der Waals surface area contributed by atoms with E-state index in [1.54, 1.807) is 0 Å². The predicted octanol–water partition coefficient (Wildman–Crippen LogP) is 0.826. The first-order valence-corrected chi connectivity index (χ1v) is 8.33. The van der Waals surface area contributed by atoms with Crippen LogP contribution in [0.15, 0.2) is 0 Å². The number of rotatable bonds is 5. The van der Waals surface area contributed by atoms with Crippen LogP contribution < -0.4 is 5.73 Å². The van der Waals surface area contributed by atoms with Gasteiger partial charge in [-0.25, -0.2) is 0 Å². The number of piperidine rings is 3. The minimum absolute atomic E-state index is 0.231. The molecule has 4 heteroatoms. The lowest BCUT2D eigenvalue weighted by molar-refractivity contribution is -0.0846. The molecule has 4 fully saturated rings. The average Bonchev–Trinajstić information content (AvgIpc) is 2.43. The Kier molecular flexibility index (Phi) is 3.87. The summed E-state index contributed by atoms with van der Waals surface area (Å²) < 4.78 is 0. The monoisotopic (exact) mass is 280 g/mol. The molecule has 4 rings (SSSR count). The second kappa shape index (κ2) is 5.24. The molecule has 0 aromatic rings. The second-order valence-electron chi connectivity index (χ2n) is 7.69. The Morgan fingerprint density at radius 2 is 1.80 bits per heavy atom. The van der Waals surface area contributed by atoms with Gasteiger partial charge in [0.15, 0.2) is 0 Å². The van der Waals surface area contributed by atoms with Gasteiger partial charge in [-0.15, -0.1) is 0 Å². The summed E-state index contributed by atoms with van der Waals surface area (Å²) in [6.45, 7) is 5.77. The van der Waals surface area contributed by atoms with E-state index in [2.05, 4.69) is 35.8 Å². The lowest BCUT2D eigenvalue weighted by atomic mass is 9.69. The fraction of sp³-hybridized carbons (Fsp3) is 1.00. The van der Waals surface area contributed by atoms with Gasteiger partial charge in [0.25, 0.3) is 0 Å². The Balaban J connectivity index is 1.76. The molecule has 2 N–H and O–H groups in total. The molecule has 4 aliphatic rings. The van der Waals surface area contributed by atoms with Gasteiger partial charge in [0.1, 0.15) is 0 Å². The zero-order valence-corrected chi connectivity index (χ0v) is 13.6. The van der Waals surface area contributed by atoms with Gasteiger partial charge in [0.2, 0.25) is 0 Å². The Morgan fingerprint density at radius 3 is 2.15 bits per heavy atom. The molecule has 3 saturated heterocycles. The van der Waals surface area contributed by atoms with Crippen molar-refractivity contribution >= 4 is 0 Å². The lowest BCUT2D eigenvalue weighted by Crippen LogP contribution is -2.72. The molecule has 3 heterocycles. The summed E-state index contributed by atoms with van der Waals surface area (Å²) in [4.78, 5) is 7.73. The Hall–Kier alpha value is -0.160. The molecule has 4 nitrogen and oxygen atoms in total. The number of nitrogens with two attached hydrogens (primary N) is 1. The van der Waals surface area contributed by atoms with Crippen molar-refractivity contribution in [3.63, 3.8) is 0 Å². The predicted molar refractivity (Wildman–Crippen MR) is 83.8 cm³/mol. The topological polar surface area (TPSA) is 35.7 Å². The summed E-state index contributed by atoms with van der Waals surface area (Å²) >= 11 is 0. The molecule has 0 radical (unpaired) electrons. The number of fused-ring (bicyclic) bond motifs is 3. The fourth-order valence-electron chi connectivity index (χ4n) is 4.89. The zero-order valence-electron chi connectivity index (χ0n) is 13.6. The van der Waals surface area contributed by atoms with Crippen molar-refractivity contribution in [2.75, 3.05) is 53.9 Å². The van der Waals surface area contributed by atoms with Crippen LogP contribution in [-0.4, -0.2) is 79.6 Å². The van der Waals surface area contributed by atoms with E-state index in [4.69, 9.17) is 5.73 Å². The highest BCUT2D eigenvalue weighted by atomic mass is 15.3. The molecule has 116 valence electrons. The Morgan fingerprint density at radius 1 is 1.15 bits per heavy atom. The lowest BCUT2D eigenvalue weighted by Gasteiger charge is -2.60. The molecule has 1 atom stereocenters. The maximum absolute atomic E-state index is 6.30. The Bertz CT molecular complexity index is 344. The number of likely N-dealkylation sites (N-methyl/N-ethyl adjacent to an activating group) is 2. The largest absolute Gasteiger partial charge is 0.329 e. The van der Waals surface area contributed by atoms with Crippen molar-refractivity contribution in [2.24, 2.45) is 11.7 Å². The molecule has 3 aliphatic heterocycles. The van der Waals surface area contributed by atoms with Gasteiger partial charge in [0.05, 0.1) is 0 Å². The van der Waals surface area contributed by atoms with Gasteiger partial charge in [-0.2, -0.15) is 0 Å². The smallest absolute Gasteiger partial charge is 0.0485 e. The van der Waals surface area contributed by atoms with Crippen LogP contribution in [0.25, 0.3) is 0 Å². The van der Waals surface area contributed by atoms with Crippen LogP contribution in [0, 0.1) is 5.92 Å². The van der Waals surface area contributed by atoms with E-state index in [-0.39, 0.29) is 5.54 Å². The van der Waals surface area contributed by atoms with Crippen LogP contribution >= 0.6 is 0 Å². The van der Waals surface area contributed by atoms with Crippen LogP contribution in [0.4, 0.5) is 0 Å². The van der Waals surface area contributed by atoms with Crippen molar-refractivity contribution in [3.05, 3.63) is 0 Å². The minimum Gasteiger partial charge on any atom is -0.329 e. The van der Waals surface area contributed by atoms with Crippen molar-refractivity contribution < 1.29 is 0 Å². The van der Waals surface area contributed by atoms with Gasteiger partial charge in [-0.1, -0.05) is 0 Å². The highest BCUT2D eigenvalue weighted by Gasteiger charge is 2.51. The van der Waals surface area contributed by atoms with Crippen molar-refractivity contribution in [1.82, 2.24) is 14.7 Å². The highest BCUT2D eigenvalue weighted by molar-refractivity contribution is 5.08. The number of nitrogens with zero attached hydrogens (tertiary/aromatic N) is 3. The van der Waals surface area contributed by atoms with E-state index < -0.39 is 0 Å². The number of hydrogen-bond acceptors (Lipinski definition) is 4. The van der Waals surface area contributed by atoms with E-state index in [1.165, 1.54) is 58.3 Å². The SMILES string of the molecule is CN(C)C1(CN(C)C2(CN)CN3CCC2CC3)CCC1. The number of hydrogen-bond donors (Lipinski definition) is 1. The fourth-order valence-corrected chi connectivity index (χ4v) is 4.89. The maximum atomic E-state index is 6.30. The van der Waals surface area contributed by atoms with Gasteiger partial charge < -0.3 is 15.5 Å². The summed E-state index contributed by atoms with van der Waals surface area (Å²) in [5.74, 6) is 0.807. The summed E-state index contributed by atoms with van der Waals surface area (Å²) in [5.41, 5.74) is 6.94. The summed E-state index contributed by atoms with van der Waals surface area (Å²) in [5, 5.41) is 0. The molecular formula is C16H32N4. The Labute approximate surface area is 124 Å². The standard InChI is InChI=1S/C16H32N4/c1-18(2)15(7-4-8-15)12-19(3)16(11-17)13-20-9-5-14(16)6-10-20/h14H,4-13,17H2,1-3H3. The first-order chi connectivity index (χ1) is 9.52. The normalized spacial score (nSPS) is 39.3. The summed E-state index contributed by atoms with van der Waals surface area (Å²) in [7, 11) is 6.83. The first-order valence-electron chi connectivity index (χ1n) is 8.33. The quantitative estimate of drug-likeness (QED) is 0.809. The van der Waals surface area contributed by atoms with Crippen molar-refractivity contribution in [2.45, 2.75) is 43.2 Å². The zero-order chi connectivity index (χ0) is 14.4. The molecule has 2 bridgehead atoms. The molecular weight excluding hydrogens is 248 g/mol. The van der Waals surface area contributed by atoms with Gasteiger partial charge in [0, 0.05) is 30.7 Å². The summed E-state index contributed by atoms with van der Waals surface area (Å²) in [6.07, 6.45) is 6.77. The molecule has 0 aromatic carbocycles. The third kappa shape index (κ3) is 2.12. The van der Waals surface area contributed by atoms with Crippen LogP contribution in [0.2, 0.25) is 0 Å². The highest BCUT2D eigenvalue weighted by Crippen LogP contribution is 2.42. The molecule has 0 aromatic heterocycles. The van der Waals surface area contributed by atoms with Crippen LogP contribution in [0.3, 0.4) is 0 Å². The van der Waals surface area contributed by atoms with Gasteiger partial charge in [-0.05, 0) is 72.3 Å². The average molecular weight is 280 g/mol. The van der Waals surface area contributed by atoms with Gasteiger partial charge in [-0.3, -0.25) is 4.90 Å². The van der Waals surface area contributed by atoms with E-state index >= 15 is 0 Å². The molecule has 1 aliphatic carbocycles. The van der Waals surface area contributed by atoms with Crippen LogP contribution in [-0.2, 0) is 0 Å². The third-order valence-electron chi connectivity index (χ3n) is 6.72. The molecule has 0 spiro atoms. The van der Waals surface area contributed by atoms with E-state index in [0.717, 1.165) is 12.5 Å². The van der Waals surface area contributed by atoms with Crippen LogP contribution in [0.5, 0.6) is 0 Å².